The van der Waals surface area contributed by atoms with Crippen molar-refractivity contribution in [3.05, 3.63) is 29.6 Å². The van der Waals surface area contributed by atoms with E-state index in [0.717, 1.165) is 5.56 Å². The Labute approximate surface area is 109 Å². The molecule has 1 aromatic heterocycles. The van der Waals surface area contributed by atoms with Crippen LogP contribution in [0.1, 0.15) is 25.2 Å². The molecule has 0 saturated carbocycles. The first-order valence-corrected chi connectivity index (χ1v) is 6.09. The Morgan fingerprint density at radius 2 is 2.00 bits per heavy atom. The van der Waals surface area contributed by atoms with Crippen LogP contribution in [0.15, 0.2) is 18.2 Å². The maximum atomic E-state index is 13.0. The number of nitrogens with two attached hydrogens (primary N) is 1. The van der Waals surface area contributed by atoms with Crippen molar-refractivity contribution < 1.29 is 13.2 Å². The predicted octanol–water partition coefficient (Wildman–Crippen LogP) is 3.17. The van der Waals surface area contributed by atoms with E-state index in [9.17, 15) is 13.2 Å². The highest BCUT2D eigenvalue weighted by molar-refractivity contribution is 5.77. The number of aromatic nitrogens is 2. The lowest BCUT2D eigenvalue weighted by Gasteiger charge is -2.13. The van der Waals surface area contributed by atoms with Gasteiger partial charge in [0.1, 0.15) is 0 Å². The molecular formula is C13H16F3N3. The molecule has 2 aromatic rings. The fraction of sp³-hybridized carbons (Fsp3) is 0.462. The molecule has 6 heteroatoms. The van der Waals surface area contributed by atoms with Gasteiger partial charge in [-0.15, -0.1) is 0 Å². The quantitative estimate of drug-likeness (QED) is 0.931. The number of fused-ring (bicyclic) bond motifs is 1. The van der Waals surface area contributed by atoms with Crippen LogP contribution in [0.2, 0.25) is 0 Å². The zero-order valence-corrected chi connectivity index (χ0v) is 10.8. The Morgan fingerprint density at radius 3 is 2.53 bits per heavy atom. The lowest BCUT2D eigenvalue weighted by Crippen LogP contribution is -2.17. The normalized spacial score (nSPS) is 12.6. The third-order valence-electron chi connectivity index (χ3n) is 2.85. The minimum absolute atomic E-state index is 0.104. The average molecular weight is 271 g/mol. The molecular weight excluding hydrogens is 255 g/mol. The van der Waals surface area contributed by atoms with E-state index in [4.69, 9.17) is 5.73 Å². The molecule has 0 aliphatic rings. The number of hydrogen-bond acceptors (Lipinski definition) is 2. The topological polar surface area (TPSA) is 43.8 Å². The molecule has 0 atom stereocenters. The molecule has 0 spiro atoms. The zero-order valence-electron chi connectivity index (χ0n) is 10.8. The maximum absolute atomic E-state index is 13.0. The smallest absolute Gasteiger partial charge is 0.326 e. The average Bonchev–Trinajstić information content (AvgIpc) is 2.66. The zero-order chi connectivity index (χ0) is 14.2. The summed E-state index contributed by atoms with van der Waals surface area (Å²) in [6.07, 6.45) is -4.45. The maximum Gasteiger partial charge on any atom is 0.449 e. The largest absolute Gasteiger partial charge is 0.449 e. The molecule has 0 amide bonds. The molecule has 1 aromatic carbocycles. The van der Waals surface area contributed by atoms with Gasteiger partial charge in [0, 0.05) is 13.1 Å². The second-order valence-electron chi connectivity index (χ2n) is 4.96. The first-order chi connectivity index (χ1) is 8.82. The van der Waals surface area contributed by atoms with E-state index in [0.29, 0.717) is 11.0 Å². The van der Waals surface area contributed by atoms with E-state index in [1.54, 1.807) is 18.2 Å². The second kappa shape index (κ2) is 4.85. The van der Waals surface area contributed by atoms with Gasteiger partial charge in [0.25, 0.3) is 0 Å². The summed E-state index contributed by atoms with van der Waals surface area (Å²) in [7, 11) is 0. The van der Waals surface area contributed by atoms with Crippen LogP contribution >= 0.6 is 0 Å². The molecule has 0 aliphatic carbocycles. The van der Waals surface area contributed by atoms with Crippen LogP contribution in [-0.2, 0) is 19.3 Å². The molecule has 1 heterocycles. The van der Waals surface area contributed by atoms with Crippen molar-refractivity contribution in [1.82, 2.24) is 9.55 Å². The van der Waals surface area contributed by atoms with Crippen molar-refractivity contribution in [3.8, 4) is 0 Å². The second-order valence-corrected chi connectivity index (χ2v) is 4.96. The Balaban J connectivity index is 2.65. The third-order valence-corrected chi connectivity index (χ3v) is 2.85. The van der Waals surface area contributed by atoms with Crippen molar-refractivity contribution in [1.29, 1.82) is 0 Å². The SMILES string of the molecule is CC(C)Cn1c(C(F)(F)F)nc2cc(CN)ccc21. The molecule has 0 saturated heterocycles. The van der Waals surface area contributed by atoms with Crippen molar-refractivity contribution in [2.75, 3.05) is 0 Å². The number of imidazole rings is 1. The van der Waals surface area contributed by atoms with Crippen LogP contribution in [0.4, 0.5) is 13.2 Å². The highest BCUT2D eigenvalue weighted by Gasteiger charge is 2.37. The van der Waals surface area contributed by atoms with Crippen LogP contribution in [0.25, 0.3) is 11.0 Å². The molecule has 0 unspecified atom stereocenters. The van der Waals surface area contributed by atoms with Gasteiger partial charge in [0.2, 0.25) is 5.82 Å². The summed E-state index contributed by atoms with van der Waals surface area (Å²) in [6, 6.07) is 5.00. The van der Waals surface area contributed by atoms with Crippen LogP contribution in [-0.4, -0.2) is 9.55 Å². The standard InChI is InChI=1S/C13H16F3N3/c1-8(2)7-19-11-4-3-9(6-17)5-10(11)18-12(19)13(14,15)16/h3-5,8H,6-7,17H2,1-2H3. The number of hydrogen-bond donors (Lipinski definition) is 1. The summed E-state index contributed by atoms with van der Waals surface area (Å²) in [4.78, 5) is 3.73. The van der Waals surface area contributed by atoms with E-state index in [-0.39, 0.29) is 19.0 Å². The van der Waals surface area contributed by atoms with E-state index >= 15 is 0 Å². The van der Waals surface area contributed by atoms with Gasteiger partial charge in [-0.25, -0.2) is 4.98 Å². The van der Waals surface area contributed by atoms with Gasteiger partial charge >= 0.3 is 6.18 Å². The molecule has 19 heavy (non-hydrogen) atoms. The predicted molar refractivity (Wildman–Crippen MR) is 67.5 cm³/mol. The van der Waals surface area contributed by atoms with Crippen molar-refractivity contribution in [2.45, 2.75) is 33.1 Å². The Morgan fingerprint density at radius 1 is 1.32 bits per heavy atom. The third kappa shape index (κ3) is 2.73. The van der Waals surface area contributed by atoms with E-state index in [1.807, 2.05) is 13.8 Å². The molecule has 2 N–H and O–H groups in total. The minimum atomic E-state index is -4.45. The lowest BCUT2D eigenvalue weighted by atomic mass is 10.2. The monoisotopic (exact) mass is 271 g/mol. The molecule has 2 rings (SSSR count). The fourth-order valence-electron chi connectivity index (χ4n) is 2.07. The summed E-state index contributed by atoms with van der Waals surface area (Å²) in [5.74, 6) is -0.738. The Kier molecular flexibility index (Phi) is 3.54. The highest BCUT2D eigenvalue weighted by atomic mass is 19.4. The van der Waals surface area contributed by atoms with Crippen LogP contribution in [0, 0.1) is 5.92 Å². The number of benzene rings is 1. The summed E-state index contributed by atoms with van der Waals surface area (Å²) >= 11 is 0. The van der Waals surface area contributed by atoms with E-state index in [2.05, 4.69) is 4.98 Å². The van der Waals surface area contributed by atoms with Gasteiger partial charge in [-0.3, -0.25) is 0 Å². The van der Waals surface area contributed by atoms with Gasteiger partial charge in [0.05, 0.1) is 11.0 Å². The summed E-state index contributed by atoms with van der Waals surface area (Å²) in [5.41, 5.74) is 7.11. The number of alkyl halides is 3. The summed E-state index contributed by atoms with van der Waals surface area (Å²) in [6.45, 7) is 4.32. The Hall–Kier alpha value is -1.56. The number of rotatable bonds is 3. The highest BCUT2D eigenvalue weighted by Crippen LogP contribution is 2.32. The summed E-state index contributed by atoms with van der Waals surface area (Å²) < 4.78 is 40.3. The van der Waals surface area contributed by atoms with E-state index in [1.165, 1.54) is 4.57 Å². The molecule has 0 radical (unpaired) electrons. The van der Waals surface area contributed by atoms with Gasteiger partial charge in [0.15, 0.2) is 0 Å². The van der Waals surface area contributed by atoms with E-state index < -0.39 is 12.0 Å². The molecule has 0 fully saturated rings. The van der Waals surface area contributed by atoms with Crippen LogP contribution < -0.4 is 5.73 Å². The fourth-order valence-corrected chi connectivity index (χ4v) is 2.07. The first kappa shape index (κ1) is 13.9. The number of nitrogens with zero attached hydrogens (tertiary/aromatic N) is 2. The van der Waals surface area contributed by atoms with Crippen molar-refractivity contribution in [2.24, 2.45) is 11.7 Å². The van der Waals surface area contributed by atoms with Gasteiger partial charge < -0.3 is 10.3 Å². The van der Waals surface area contributed by atoms with Gasteiger partial charge in [-0.05, 0) is 23.6 Å². The number of halogens is 3. The minimum Gasteiger partial charge on any atom is -0.326 e. The van der Waals surface area contributed by atoms with Crippen molar-refractivity contribution >= 4 is 11.0 Å². The van der Waals surface area contributed by atoms with Crippen LogP contribution in [0.3, 0.4) is 0 Å². The molecule has 0 aliphatic heterocycles. The lowest BCUT2D eigenvalue weighted by molar-refractivity contribution is -0.147. The molecule has 0 bridgehead atoms. The van der Waals surface area contributed by atoms with Gasteiger partial charge in [-0.2, -0.15) is 13.2 Å². The van der Waals surface area contributed by atoms with Crippen LogP contribution in [0.5, 0.6) is 0 Å². The Bertz CT molecular complexity index is 585. The molecule has 104 valence electrons. The molecule has 3 nitrogen and oxygen atoms in total. The summed E-state index contributed by atoms with van der Waals surface area (Å²) in [5, 5.41) is 0. The van der Waals surface area contributed by atoms with Gasteiger partial charge in [-0.1, -0.05) is 19.9 Å². The van der Waals surface area contributed by atoms with Crippen molar-refractivity contribution in [3.63, 3.8) is 0 Å². The first-order valence-electron chi connectivity index (χ1n) is 6.09.